The summed E-state index contributed by atoms with van der Waals surface area (Å²) in [6.45, 7) is 1.51. The molecular weight excluding hydrogens is 340 g/mol. The Morgan fingerprint density at radius 3 is 2.48 bits per heavy atom. The van der Waals surface area contributed by atoms with Gasteiger partial charge >= 0.3 is 0 Å². The van der Waals surface area contributed by atoms with E-state index >= 15 is 0 Å². The zero-order chi connectivity index (χ0) is 19.2. The van der Waals surface area contributed by atoms with Crippen LogP contribution in [-0.4, -0.2) is 16.7 Å². The SMILES string of the molecule is CC(=O)c1cccc(Nc2ccnc(C(=O)Nc3cccc(C#N)c3)c2)c1. The molecule has 132 valence electrons. The number of Topliss-reactive ketones (excluding diaryl/α,β-unsaturated/α-hetero) is 1. The van der Waals surface area contributed by atoms with Gasteiger partial charge in [0.1, 0.15) is 5.69 Å². The molecule has 6 heteroatoms. The summed E-state index contributed by atoms with van der Waals surface area (Å²) in [6.07, 6.45) is 1.53. The number of aromatic nitrogens is 1. The lowest BCUT2D eigenvalue weighted by atomic mass is 10.1. The van der Waals surface area contributed by atoms with Crippen LogP contribution in [-0.2, 0) is 0 Å². The number of carbonyl (C=O) groups excluding carboxylic acids is 2. The number of anilines is 3. The highest BCUT2D eigenvalue weighted by molar-refractivity contribution is 6.03. The summed E-state index contributed by atoms with van der Waals surface area (Å²) in [5.74, 6) is -0.403. The molecule has 0 saturated carbocycles. The average molecular weight is 356 g/mol. The Morgan fingerprint density at radius 2 is 1.70 bits per heavy atom. The van der Waals surface area contributed by atoms with E-state index < -0.39 is 0 Å². The van der Waals surface area contributed by atoms with E-state index in [1.807, 2.05) is 12.1 Å². The van der Waals surface area contributed by atoms with Gasteiger partial charge in [0, 0.05) is 28.8 Å². The zero-order valence-electron chi connectivity index (χ0n) is 14.6. The van der Waals surface area contributed by atoms with Crippen molar-refractivity contribution in [1.29, 1.82) is 5.26 Å². The van der Waals surface area contributed by atoms with Crippen LogP contribution in [0.2, 0.25) is 0 Å². The van der Waals surface area contributed by atoms with Crippen molar-refractivity contribution < 1.29 is 9.59 Å². The maximum absolute atomic E-state index is 12.4. The average Bonchev–Trinajstić information content (AvgIpc) is 2.68. The van der Waals surface area contributed by atoms with E-state index in [2.05, 4.69) is 15.6 Å². The third kappa shape index (κ3) is 4.55. The standard InChI is InChI=1S/C21H16N4O2/c1-14(26)16-5-3-7-18(11-16)24-19-8-9-23-20(12-19)21(27)25-17-6-2-4-15(10-17)13-22/h2-12H,1H3,(H,23,24)(H,25,27). The number of hydrogen-bond acceptors (Lipinski definition) is 5. The molecule has 3 rings (SSSR count). The number of hydrogen-bond donors (Lipinski definition) is 2. The van der Waals surface area contributed by atoms with Crippen molar-refractivity contribution in [3.63, 3.8) is 0 Å². The van der Waals surface area contributed by atoms with E-state index in [4.69, 9.17) is 5.26 Å². The second-order valence-corrected chi connectivity index (χ2v) is 5.84. The predicted molar refractivity (Wildman–Crippen MR) is 103 cm³/mol. The van der Waals surface area contributed by atoms with Crippen molar-refractivity contribution in [3.05, 3.63) is 83.7 Å². The minimum absolute atomic E-state index is 0.0203. The molecule has 1 heterocycles. The first-order valence-corrected chi connectivity index (χ1v) is 8.21. The van der Waals surface area contributed by atoms with Crippen molar-refractivity contribution in [2.45, 2.75) is 6.92 Å². The molecule has 1 aromatic heterocycles. The van der Waals surface area contributed by atoms with E-state index in [1.165, 1.54) is 13.1 Å². The number of ketones is 1. The third-order valence-electron chi connectivity index (χ3n) is 3.80. The van der Waals surface area contributed by atoms with Gasteiger partial charge < -0.3 is 10.6 Å². The van der Waals surface area contributed by atoms with Crippen molar-refractivity contribution in [2.75, 3.05) is 10.6 Å². The summed E-state index contributed by atoms with van der Waals surface area (Å²) in [4.78, 5) is 28.0. The molecule has 2 aromatic carbocycles. The summed E-state index contributed by atoms with van der Waals surface area (Å²) in [6, 6.07) is 19.1. The van der Waals surface area contributed by atoms with E-state index in [1.54, 1.807) is 54.6 Å². The van der Waals surface area contributed by atoms with Crippen LogP contribution in [0, 0.1) is 11.3 Å². The van der Waals surface area contributed by atoms with Gasteiger partial charge in [0.25, 0.3) is 5.91 Å². The molecular formula is C21H16N4O2. The first-order chi connectivity index (χ1) is 13.0. The largest absolute Gasteiger partial charge is 0.355 e. The number of rotatable bonds is 5. The lowest BCUT2D eigenvalue weighted by Gasteiger charge is -2.09. The number of nitrogens with one attached hydrogen (secondary N) is 2. The fourth-order valence-corrected chi connectivity index (χ4v) is 2.48. The van der Waals surface area contributed by atoms with Crippen molar-refractivity contribution in [3.8, 4) is 6.07 Å². The van der Waals surface area contributed by atoms with Gasteiger partial charge in [-0.1, -0.05) is 18.2 Å². The number of pyridine rings is 1. The van der Waals surface area contributed by atoms with Gasteiger partial charge in [-0.25, -0.2) is 0 Å². The summed E-state index contributed by atoms with van der Waals surface area (Å²) in [7, 11) is 0. The van der Waals surface area contributed by atoms with Gasteiger partial charge in [-0.3, -0.25) is 14.6 Å². The fourth-order valence-electron chi connectivity index (χ4n) is 2.48. The predicted octanol–water partition coefficient (Wildman–Crippen LogP) is 4.15. The third-order valence-corrected chi connectivity index (χ3v) is 3.80. The molecule has 0 bridgehead atoms. The van der Waals surface area contributed by atoms with Gasteiger partial charge in [-0.15, -0.1) is 0 Å². The molecule has 1 amide bonds. The lowest BCUT2D eigenvalue weighted by Crippen LogP contribution is -2.13. The Bertz CT molecular complexity index is 1050. The van der Waals surface area contributed by atoms with Crippen LogP contribution >= 0.6 is 0 Å². The van der Waals surface area contributed by atoms with E-state index in [0.717, 1.165) is 5.69 Å². The Labute approximate surface area is 156 Å². The summed E-state index contributed by atoms with van der Waals surface area (Å²) in [5.41, 5.74) is 3.22. The molecule has 6 nitrogen and oxygen atoms in total. The Morgan fingerprint density at radius 1 is 0.963 bits per heavy atom. The Balaban J connectivity index is 1.77. The number of nitrogens with zero attached hydrogens (tertiary/aromatic N) is 2. The van der Waals surface area contributed by atoms with E-state index in [-0.39, 0.29) is 17.4 Å². The number of benzene rings is 2. The summed E-state index contributed by atoms with van der Waals surface area (Å²) < 4.78 is 0. The molecule has 3 aromatic rings. The maximum Gasteiger partial charge on any atom is 0.274 e. The molecule has 0 fully saturated rings. The molecule has 0 aliphatic rings. The van der Waals surface area contributed by atoms with Crippen molar-refractivity contribution in [2.24, 2.45) is 0 Å². The quantitative estimate of drug-likeness (QED) is 0.670. The van der Waals surface area contributed by atoms with Gasteiger partial charge in [0.15, 0.2) is 5.78 Å². The zero-order valence-corrected chi connectivity index (χ0v) is 14.6. The minimum Gasteiger partial charge on any atom is -0.355 e. The highest BCUT2D eigenvalue weighted by Gasteiger charge is 2.09. The Hall–Kier alpha value is -3.98. The first-order valence-electron chi connectivity index (χ1n) is 8.21. The number of nitriles is 1. The molecule has 0 aliphatic carbocycles. The van der Waals surface area contributed by atoms with E-state index in [0.29, 0.717) is 22.5 Å². The van der Waals surface area contributed by atoms with Crippen LogP contribution in [0.4, 0.5) is 17.1 Å². The van der Waals surface area contributed by atoms with Crippen molar-refractivity contribution >= 4 is 28.8 Å². The highest BCUT2D eigenvalue weighted by atomic mass is 16.2. The van der Waals surface area contributed by atoms with Crippen LogP contribution in [0.3, 0.4) is 0 Å². The molecule has 0 saturated heterocycles. The maximum atomic E-state index is 12.4. The molecule has 2 N–H and O–H groups in total. The lowest BCUT2D eigenvalue weighted by molar-refractivity contribution is 0.101. The second kappa shape index (κ2) is 7.93. The van der Waals surface area contributed by atoms with Gasteiger partial charge in [0.2, 0.25) is 0 Å². The first kappa shape index (κ1) is 17.8. The van der Waals surface area contributed by atoms with Gasteiger partial charge in [0.05, 0.1) is 11.6 Å². The minimum atomic E-state index is -0.383. The molecule has 27 heavy (non-hydrogen) atoms. The molecule has 0 spiro atoms. The summed E-state index contributed by atoms with van der Waals surface area (Å²) in [5, 5.41) is 14.8. The van der Waals surface area contributed by atoms with Crippen molar-refractivity contribution in [1.82, 2.24) is 4.98 Å². The number of amides is 1. The van der Waals surface area contributed by atoms with Crippen LogP contribution in [0.1, 0.15) is 33.3 Å². The highest BCUT2D eigenvalue weighted by Crippen LogP contribution is 2.19. The fraction of sp³-hybridized carbons (Fsp3) is 0.0476. The molecule has 0 unspecified atom stereocenters. The normalized spacial score (nSPS) is 9.93. The molecule has 0 radical (unpaired) electrons. The molecule has 0 aliphatic heterocycles. The van der Waals surface area contributed by atoms with Crippen LogP contribution in [0.25, 0.3) is 0 Å². The van der Waals surface area contributed by atoms with Crippen LogP contribution < -0.4 is 10.6 Å². The number of carbonyl (C=O) groups is 2. The van der Waals surface area contributed by atoms with E-state index in [9.17, 15) is 9.59 Å². The van der Waals surface area contributed by atoms with Crippen LogP contribution in [0.5, 0.6) is 0 Å². The smallest absolute Gasteiger partial charge is 0.274 e. The van der Waals surface area contributed by atoms with Gasteiger partial charge in [-0.05, 0) is 49.4 Å². The second-order valence-electron chi connectivity index (χ2n) is 5.84. The monoisotopic (exact) mass is 356 g/mol. The topological polar surface area (TPSA) is 94.9 Å². The Kier molecular flexibility index (Phi) is 5.24. The van der Waals surface area contributed by atoms with Gasteiger partial charge in [-0.2, -0.15) is 5.26 Å². The summed E-state index contributed by atoms with van der Waals surface area (Å²) >= 11 is 0. The molecule has 0 atom stereocenters. The van der Waals surface area contributed by atoms with Crippen LogP contribution in [0.15, 0.2) is 66.9 Å².